The first-order valence-electron chi connectivity index (χ1n) is 7.24. The lowest BCUT2D eigenvalue weighted by atomic mass is 10.2. The molecule has 0 saturated carbocycles. The summed E-state index contributed by atoms with van der Waals surface area (Å²) in [4.78, 5) is 4.45. The Bertz CT molecular complexity index is 559. The van der Waals surface area contributed by atoms with E-state index in [9.17, 15) is 8.42 Å². The molecule has 0 spiro atoms. The van der Waals surface area contributed by atoms with Gasteiger partial charge >= 0.3 is 0 Å². The van der Waals surface area contributed by atoms with Gasteiger partial charge < -0.3 is 5.32 Å². The van der Waals surface area contributed by atoms with Gasteiger partial charge in [0.2, 0.25) is 10.0 Å². The van der Waals surface area contributed by atoms with Crippen molar-refractivity contribution in [2.75, 3.05) is 11.9 Å². The van der Waals surface area contributed by atoms with Gasteiger partial charge in [0.15, 0.2) is 0 Å². The van der Waals surface area contributed by atoms with Crippen molar-refractivity contribution in [2.45, 2.75) is 57.0 Å². The third-order valence-electron chi connectivity index (χ3n) is 3.85. The molecular weight excluding hydrogens is 274 g/mol. The zero-order chi connectivity index (χ0) is 14.8. The Morgan fingerprint density at radius 3 is 2.80 bits per heavy atom. The summed E-state index contributed by atoms with van der Waals surface area (Å²) in [5.74, 6) is 0.448. The van der Waals surface area contributed by atoms with Crippen molar-refractivity contribution in [3.8, 4) is 0 Å². The van der Waals surface area contributed by atoms with E-state index in [1.807, 2.05) is 20.8 Å². The van der Waals surface area contributed by atoms with Crippen molar-refractivity contribution >= 4 is 15.8 Å². The lowest BCUT2D eigenvalue weighted by Crippen LogP contribution is -2.40. The summed E-state index contributed by atoms with van der Waals surface area (Å²) in [7, 11) is -3.49. The molecule has 0 aliphatic carbocycles. The van der Waals surface area contributed by atoms with Crippen LogP contribution in [0.4, 0.5) is 5.82 Å². The maximum Gasteiger partial charge on any atom is 0.247 e. The summed E-state index contributed by atoms with van der Waals surface area (Å²) in [6, 6.07) is 3.47. The molecule has 1 N–H and O–H groups in total. The van der Waals surface area contributed by atoms with Gasteiger partial charge in [-0.15, -0.1) is 0 Å². The lowest BCUT2D eigenvalue weighted by molar-refractivity contribution is 0.329. The van der Waals surface area contributed by atoms with Crippen LogP contribution in [0.15, 0.2) is 23.2 Å². The van der Waals surface area contributed by atoms with Gasteiger partial charge in [0.25, 0.3) is 0 Å². The predicted molar refractivity (Wildman–Crippen MR) is 80.2 cm³/mol. The number of nitrogens with zero attached hydrogens (tertiary/aromatic N) is 2. The van der Waals surface area contributed by atoms with Crippen molar-refractivity contribution < 1.29 is 8.42 Å². The van der Waals surface area contributed by atoms with Crippen molar-refractivity contribution in [1.82, 2.24) is 9.29 Å². The van der Waals surface area contributed by atoms with Gasteiger partial charge in [0, 0.05) is 24.8 Å². The molecule has 1 aromatic rings. The number of rotatable bonds is 5. The number of hydrogen-bond acceptors (Lipinski definition) is 4. The van der Waals surface area contributed by atoms with E-state index < -0.39 is 10.0 Å². The molecule has 1 saturated heterocycles. The minimum atomic E-state index is -3.49. The van der Waals surface area contributed by atoms with Crippen LogP contribution in [0, 0.1) is 0 Å². The van der Waals surface area contributed by atoms with E-state index in [4.69, 9.17) is 0 Å². The molecule has 20 heavy (non-hydrogen) atoms. The summed E-state index contributed by atoms with van der Waals surface area (Å²) in [6.45, 7) is 6.60. The Morgan fingerprint density at radius 1 is 1.40 bits per heavy atom. The van der Waals surface area contributed by atoms with Crippen LogP contribution in [-0.4, -0.2) is 36.3 Å². The van der Waals surface area contributed by atoms with Crippen LogP contribution in [0.5, 0.6) is 0 Å². The van der Waals surface area contributed by atoms with Crippen LogP contribution < -0.4 is 5.32 Å². The molecule has 1 aromatic heterocycles. The van der Waals surface area contributed by atoms with Crippen LogP contribution in [0.1, 0.15) is 40.0 Å². The van der Waals surface area contributed by atoms with Crippen molar-refractivity contribution in [1.29, 1.82) is 0 Å². The zero-order valence-corrected chi connectivity index (χ0v) is 13.2. The second kappa shape index (κ2) is 6.10. The van der Waals surface area contributed by atoms with Crippen LogP contribution in [0.2, 0.25) is 0 Å². The second-order valence-electron chi connectivity index (χ2n) is 5.20. The van der Waals surface area contributed by atoms with Gasteiger partial charge in [-0.2, -0.15) is 4.31 Å². The smallest absolute Gasteiger partial charge is 0.247 e. The molecule has 5 nitrogen and oxygen atoms in total. The highest BCUT2D eigenvalue weighted by molar-refractivity contribution is 7.89. The normalized spacial score (nSPS) is 23.9. The summed E-state index contributed by atoms with van der Waals surface area (Å²) >= 11 is 0. The molecule has 2 rings (SSSR count). The first-order valence-corrected chi connectivity index (χ1v) is 8.68. The fourth-order valence-electron chi connectivity index (χ4n) is 2.88. The van der Waals surface area contributed by atoms with E-state index in [1.54, 1.807) is 22.6 Å². The Hall–Kier alpha value is -1.14. The van der Waals surface area contributed by atoms with Gasteiger partial charge in [-0.3, -0.25) is 0 Å². The molecule has 2 heterocycles. The molecule has 0 radical (unpaired) electrons. The molecule has 1 fully saturated rings. The topological polar surface area (TPSA) is 62.3 Å². The molecule has 0 amide bonds. The van der Waals surface area contributed by atoms with E-state index >= 15 is 0 Å². The first kappa shape index (κ1) is 15.3. The van der Waals surface area contributed by atoms with E-state index in [1.165, 1.54) is 0 Å². The van der Waals surface area contributed by atoms with Gasteiger partial charge in [-0.05, 0) is 45.2 Å². The van der Waals surface area contributed by atoms with Gasteiger partial charge in [0.05, 0.1) is 0 Å². The monoisotopic (exact) mass is 297 g/mol. The number of sulfonamides is 1. The number of hydrogen-bond donors (Lipinski definition) is 1. The van der Waals surface area contributed by atoms with Crippen LogP contribution >= 0.6 is 0 Å². The fraction of sp³-hybridized carbons (Fsp3) is 0.643. The third kappa shape index (κ3) is 2.67. The van der Waals surface area contributed by atoms with E-state index in [0.717, 1.165) is 19.3 Å². The number of anilines is 1. The average Bonchev–Trinajstić information content (AvgIpc) is 2.81. The molecule has 0 bridgehead atoms. The summed E-state index contributed by atoms with van der Waals surface area (Å²) in [5, 5.41) is 3.04. The van der Waals surface area contributed by atoms with Crippen molar-refractivity contribution in [3.05, 3.63) is 18.3 Å². The minimum absolute atomic E-state index is 0.0552. The Kier molecular flexibility index (Phi) is 4.65. The van der Waals surface area contributed by atoms with Crippen molar-refractivity contribution in [2.24, 2.45) is 0 Å². The second-order valence-corrected chi connectivity index (χ2v) is 7.02. The van der Waals surface area contributed by atoms with Crippen molar-refractivity contribution in [3.63, 3.8) is 0 Å². The zero-order valence-electron chi connectivity index (χ0n) is 12.3. The highest BCUT2D eigenvalue weighted by Crippen LogP contribution is 2.34. The summed E-state index contributed by atoms with van der Waals surface area (Å²) in [5.41, 5.74) is 0. The van der Waals surface area contributed by atoms with Gasteiger partial charge in [-0.25, -0.2) is 13.4 Å². The predicted octanol–water partition coefficient (Wildman–Crippen LogP) is 2.47. The minimum Gasteiger partial charge on any atom is -0.369 e. The molecule has 1 aliphatic heterocycles. The molecule has 112 valence electrons. The Labute approximate surface area is 121 Å². The fourth-order valence-corrected chi connectivity index (χ4v) is 4.95. The summed E-state index contributed by atoms with van der Waals surface area (Å²) in [6.07, 6.45) is 4.32. The molecule has 6 heteroatoms. The van der Waals surface area contributed by atoms with Crippen LogP contribution in [-0.2, 0) is 10.0 Å². The van der Waals surface area contributed by atoms with E-state index in [2.05, 4.69) is 10.3 Å². The number of pyridine rings is 1. The van der Waals surface area contributed by atoms with Gasteiger partial charge in [0.1, 0.15) is 10.7 Å². The number of nitrogens with one attached hydrogen (secondary N) is 1. The van der Waals surface area contributed by atoms with Crippen LogP contribution in [0.25, 0.3) is 0 Å². The maximum absolute atomic E-state index is 13.0. The standard InChI is InChI=1S/C14H23N3O2S/c1-4-12-9-8-11(3)17(12)20(18,19)13-7-6-10-16-14(13)15-5-2/h6-7,10-12H,4-5,8-9H2,1-3H3,(H,15,16). The first-order chi connectivity index (χ1) is 9.52. The van der Waals surface area contributed by atoms with Gasteiger partial charge in [-0.1, -0.05) is 6.92 Å². The third-order valence-corrected chi connectivity index (χ3v) is 5.95. The quantitative estimate of drug-likeness (QED) is 0.907. The highest BCUT2D eigenvalue weighted by atomic mass is 32.2. The number of aromatic nitrogens is 1. The van der Waals surface area contributed by atoms with E-state index in [0.29, 0.717) is 12.4 Å². The molecular formula is C14H23N3O2S. The molecule has 1 aliphatic rings. The Morgan fingerprint density at radius 2 is 2.15 bits per heavy atom. The molecule has 2 unspecified atom stereocenters. The van der Waals surface area contributed by atoms with Crippen LogP contribution in [0.3, 0.4) is 0 Å². The largest absolute Gasteiger partial charge is 0.369 e. The Balaban J connectivity index is 2.44. The summed E-state index contributed by atoms with van der Waals surface area (Å²) < 4.78 is 27.6. The maximum atomic E-state index is 13.0. The SMILES string of the molecule is CCNc1ncccc1S(=O)(=O)N1C(C)CCC1CC. The average molecular weight is 297 g/mol. The van der Waals surface area contributed by atoms with E-state index in [-0.39, 0.29) is 17.0 Å². The molecule has 0 aromatic carbocycles. The molecule has 2 atom stereocenters. The highest BCUT2D eigenvalue weighted by Gasteiger charge is 2.40. The lowest BCUT2D eigenvalue weighted by Gasteiger charge is -2.27.